The van der Waals surface area contributed by atoms with Crippen molar-refractivity contribution in [1.29, 1.82) is 0 Å². The highest BCUT2D eigenvalue weighted by Crippen LogP contribution is 2.39. The SMILES string of the molecule is CC[C@H](C)NC(=O)CSc1nnc(-c2ccc(OC)cc2)n1[C@@H]1CCCC[C@H]1C. The van der Waals surface area contributed by atoms with E-state index in [1.807, 2.05) is 31.2 Å². The number of nitrogens with zero attached hydrogens (tertiary/aromatic N) is 3. The Morgan fingerprint density at radius 1 is 1.28 bits per heavy atom. The van der Waals surface area contributed by atoms with Crippen LogP contribution in [0, 0.1) is 5.92 Å². The minimum atomic E-state index is 0.0431. The molecule has 0 bridgehead atoms. The lowest BCUT2D eigenvalue weighted by atomic mass is 9.85. The van der Waals surface area contributed by atoms with Gasteiger partial charge >= 0.3 is 0 Å². The number of ether oxygens (including phenoxy) is 1. The molecule has 0 spiro atoms. The first-order valence-electron chi connectivity index (χ1n) is 10.5. The molecule has 1 aromatic carbocycles. The molecule has 6 nitrogen and oxygen atoms in total. The Balaban J connectivity index is 1.87. The van der Waals surface area contributed by atoms with Crippen LogP contribution in [0.5, 0.6) is 5.75 Å². The van der Waals surface area contributed by atoms with Crippen molar-refractivity contribution in [1.82, 2.24) is 20.1 Å². The van der Waals surface area contributed by atoms with Gasteiger partial charge in [-0.25, -0.2) is 0 Å². The van der Waals surface area contributed by atoms with Crippen molar-refractivity contribution in [2.24, 2.45) is 5.92 Å². The van der Waals surface area contributed by atoms with Gasteiger partial charge in [-0.3, -0.25) is 9.36 Å². The first-order chi connectivity index (χ1) is 14.0. The van der Waals surface area contributed by atoms with Gasteiger partial charge in [0.05, 0.1) is 12.9 Å². The van der Waals surface area contributed by atoms with E-state index in [0.29, 0.717) is 17.7 Å². The highest BCUT2D eigenvalue weighted by atomic mass is 32.2. The highest BCUT2D eigenvalue weighted by Gasteiger charge is 2.29. The van der Waals surface area contributed by atoms with Crippen LogP contribution in [-0.4, -0.2) is 39.6 Å². The zero-order chi connectivity index (χ0) is 20.8. The quantitative estimate of drug-likeness (QED) is 0.631. The molecule has 7 heteroatoms. The highest BCUT2D eigenvalue weighted by molar-refractivity contribution is 7.99. The maximum absolute atomic E-state index is 12.3. The van der Waals surface area contributed by atoms with E-state index in [1.54, 1.807) is 7.11 Å². The normalized spacial score (nSPS) is 20.3. The largest absolute Gasteiger partial charge is 0.497 e. The number of hydrogen-bond donors (Lipinski definition) is 1. The van der Waals surface area contributed by atoms with Gasteiger partial charge in [-0.2, -0.15) is 0 Å². The van der Waals surface area contributed by atoms with E-state index in [-0.39, 0.29) is 11.9 Å². The van der Waals surface area contributed by atoms with Gasteiger partial charge in [0.1, 0.15) is 5.75 Å². The Morgan fingerprint density at radius 2 is 2.00 bits per heavy atom. The molecule has 1 fully saturated rings. The van der Waals surface area contributed by atoms with E-state index < -0.39 is 0 Å². The molecular weight excluding hydrogens is 384 g/mol. The molecule has 1 heterocycles. The average molecular weight is 417 g/mol. The molecule has 1 amide bonds. The number of benzene rings is 1. The van der Waals surface area contributed by atoms with Gasteiger partial charge < -0.3 is 10.1 Å². The third-order valence-corrected chi connectivity index (χ3v) is 6.71. The smallest absolute Gasteiger partial charge is 0.230 e. The number of amides is 1. The van der Waals surface area contributed by atoms with Gasteiger partial charge in [0.25, 0.3) is 0 Å². The minimum absolute atomic E-state index is 0.0431. The molecular formula is C22H32N4O2S. The average Bonchev–Trinajstić information content (AvgIpc) is 3.16. The number of methoxy groups -OCH3 is 1. The van der Waals surface area contributed by atoms with Crippen LogP contribution in [0.4, 0.5) is 0 Å². The summed E-state index contributed by atoms with van der Waals surface area (Å²) in [6, 6.07) is 8.49. The van der Waals surface area contributed by atoms with Crippen LogP contribution in [0.15, 0.2) is 29.4 Å². The number of rotatable bonds is 8. The van der Waals surface area contributed by atoms with Gasteiger partial charge in [-0.05, 0) is 56.4 Å². The van der Waals surface area contributed by atoms with E-state index in [0.717, 1.165) is 35.1 Å². The molecule has 3 rings (SSSR count). The lowest BCUT2D eigenvalue weighted by Crippen LogP contribution is -2.33. The monoisotopic (exact) mass is 416 g/mol. The summed E-state index contributed by atoms with van der Waals surface area (Å²) in [5.74, 6) is 2.65. The third kappa shape index (κ3) is 5.32. The Hall–Kier alpha value is -2.02. The molecule has 0 saturated heterocycles. The zero-order valence-corrected chi connectivity index (χ0v) is 18.7. The van der Waals surface area contributed by atoms with Gasteiger partial charge in [-0.15, -0.1) is 10.2 Å². The number of hydrogen-bond acceptors (Lipinski definition) is 5. The van der Waals surface area contributed by atoms with E-state index in [9.17, 15) is 4.79 Å². The summed E-state index contributed by atoms with van der Waals surface area (Å²) < 4.78 is 7.56. The second-order valence-electron chi connectivity index (χ2n) is 7.90. The van der Waals surface area contributed by atoms with Crippen molar-refractivity contribution >= 4 is 17.7 Å². The zero-order valence-electron chi connectivity index (χ0n) is 17.9. The van der Waals surface area contributed by atoms with Crippen LogP contribution < -0.4 is 10.1 Å². The van der Waals surface area contributed by atoms with Crippen LogP contribution in [-0.2, 0) is 4.79 Å². The molecule has 1 N–H and O–H groups in total. The summed E-state index contributed by atoms with van der Waals surface area (Å²) in [7, 11) is 1.67. The maximum atomic E-state index is 12.3. The molecule has 1 aliphatic rings. The van der Waals surface area contributed by atoms with Crippen molar-refractivity contribution < 1.29 is 9.53 Å². The number of carbonyl (C=O) groups excluding carboxylic acids is 1. The standard InChI is InChI=1S/C22H32N4O2S/c1-5-16(3)23-20(27)14-29-22-25-24-21(17-10-12-18(28-4)13-11-17)26(22)19-9-7-6-8-15(19)2/h10-13,15-16,19H,5-9,14H2,1-4H3,(H,23,27)/t15-,16+,19-/m1/s1. The van der Waals surface area contributed by atoms with Crippen molar-refractivity contribution in [2.75, 3.05) is 12.9 Å². The van der Waals surface area contributed by atoms with Crippen LogP contribution in [0.2, 0.25) is 0 Å². The Bertz CT molecular complexity index is 806. The van der Waals surface area contributed by atoms with E-state index in [1.165, 1.54) is 31.0 Å². The molecule has 0 aliphatic heterocycles. The van der Waals surface area contributed by atoms with Crippen molar-refractivity contribution in [3.63, 3.8) is 0 Å². The van der Waals surface area contributed by atoms with Gasteiger partial charge in [0.2, 0.25) is 5.91 Å². The predicted octanol–water partition coefficient (Wildman–Crippen LogP) is 4.71. The topological polar surface area (TPSA) is 69.0 Å². The summed E-state index contributed by atoms with van der Waals surface area (Å²) >= 11 is 1.48. The van der Waals surface area contributed by atoms with Gasteiger partial charge in [0, 0.05) is 17.6 Å². The van der Waals surface area contributed by atoms with Crippen LogP contribution in [0.25, 0.3) is 11.4 Å². The Labute approximate surface area is 177 Å². The van der Waals surface area contributed by atoms with Gasteiger partial charge in [0.15, 0.2) is 11.0 Å². The second kappa shape index (κ2) is 10.1. The number of thioether (sulfide) groups is 1. The molecule has 2 aromatic rings. The van der Waals surface area contributed by atoms with E-state index in [2.05, 4.69) is 33.9 Å². The summed E-state index contributed by atoms with van der Waals surface area (Å²) in [6.07, 6.45) is 5.75. The summed E-state index contributed by atoms with van der Waals surface area (Å²) in [6.45, 7) is 6.41. The van der Waals surface area contributed by atoms with Crippen molar-refractivity contribution in [3.05, 3.63) is 24.3 Å². The Morgan fingerprint density at radius 3 is 2.66 bits per heavy atom. The van der Waals surface area contributed by atoms with Crippen LogP contribution >= 0.6 is 11.8 Å². The van der Waals surface area contributed by atoms with E-state index in [4.69, 9.17) is 4.74 Å². The van der Waals surface area contributed by atoms with Crippen LogP contribution in [0.1, 0.15) is 58.9 Å². The summed E-state index contributed by atoms with van der Waals surface area (Å²) in [5, 5.41) is 12.9. The Kier molecular flexibility index (Phi) is 7.58. The lowest BCUT2D eigenvalue weighted by molar-refractivity contribution is -0.119. The predicted molar refractivity (Wildman–Crippen MR) is 117 cm³/mol. The summed E-state index contributed by atoms with van der Waals surface area (Å²) in [5.41, 5.74) is 1.02. The first kappa shape index (κ1) is 21.7. The molecule has 29 heavy (non-hydrogen) atoms. The number of aromatic nitrogens is 3. The van der Waals surface area contributed by atoms with Gasteiger partial charge in [-0.1, -0.05) is 38.5 Å². The fraction of sp³-hybridized carbons (Fsp3) is 0.591. The molecule has 158 valence electrons. The molecule has 1 aromatic heterocycles. The minimum Gasteiger partial charge on any atom is -0.497 e. The number of carbonyl (C=O) groups is 1. The molecule has 1 saturated carbocycles. The first-order valence-corrected chi connectivity index (χ1v) is 11.5. The third-order valence-electron chi connectivity index (χ3n) is 5.76. The molecule has 3 atom stereocenters. The maximum Gasteiger partial charge on any atom is 0.230 e. The fourth-order valence-electron chi connectivity index (χ4n) is 3.84. The molecule has 0 radical (unpaired) electrons. The summed E-state index contributed by atoms with van der Waals surface area (Å²) in [4.78, 5) is 12.3. The second-order valence-corrected chi connectivity index (χ2v) is 8.84. The fourth-order valence-corrected chi connectivity index (χ4v) is 4.64. The van der Waals surface area contributed by atoms with E-state index >= 15 is 0 Å². The van der Waals surface area contributed by atoms with Crippen LogP contribution in [0.3, 0.4) is 0 Å². The number of nitrogens with one attached hydrogen (secondary N) is 1. The van der Waals surface area contributed by atoms with Crippen molar-refractivity contribution in [3.8, 4) is 17.1 Å². The molecule has 1 aliphatic carbocycles. The molecule has 0 unspecified atom stereocenters. The van der Waals surface area contributed by atoms with Crippen molar-refractivity contribution in [2.45, 2.75) is 70.1 Å². The lowest BCUT2D eigenvalue weighted by Gasteiger charge is -2.31.